The third kappa shape index (κ3) is 7.46. The highest BCUT2D eigenvalue weighted by Gasteiger charge is 2.28. The van der Waals surface area contributed by atoms with E-state index in [0.29, 0.717) is 50.4 Å². The molecule has 3 amide bonds. The summed E-state index contributed by atoms with van der Waals surface area (Å²) in [4.78, 5) is 40.8. The average molecular weight is 487 g/mol. The number of nitrogens with one attached hydrogen (secondary N) is 2. The summed E-state index contributed by atoms with van der Waals surface area (Å²) in [6.45, 7) is 6.25. The lowest BCUT2D eigenvalue weighted by atomic mass is 10.1. The van der Waals surface area contributed by atoms with Crippen LogP contribution in [-0.2, 0) is 16.1 Å². The number of pyridine rings is 1. The molecule has 188 valence electrons. The number of aromatic nitrogens is 1. The van der Waals surface area contributed by atoms with E-state index >= 15 is 4.39 Å². The molecule has 0 saturated carbocycles. The first-order valence-electron chi connectivity index (χ1n) is 11.5. The van der Waals surface area contributed by atoms with E-state index in [-0.39, 0.29) is 18.2 Å². The van der Waals surface area contributed by atoms with Gasteiger partial charge in [-0.05, 0) is 38.5 Å². The van der Waals surface area contributed by atoms with Gasteiger partial charge in [0, 0.05) is 56.4 Å². The fraction of sp³-hybridized carbons (Fsp3) is 0.417. The van der Waals surface area contributed by atoms with Crippen molar-refractivity contribution in [3.63, 3.8) is 0 Å². The molecule has 1 aliphatic heterocycles. The zero-order valence-corrected chi connectivity index (χ0v) is 19.9. The number of piperazine rings is 1. The molecule has 35 heavy (non-hydrogen) atoms. The topological polar surface area (TPSA) is 118 Å². The van der Waals surface area contributed by atoms with Crippen LogP contribution in [0.2, 0.25) is 0 Å². The predicted molar refractivity (Wildman–Crippen MR) is 129 cm³/mol. The number of hydrogen-bond donors (Lipinski definition) is 3. The van der Waals surface area contributed by atoms with Gasteiger partial charge in [-0.2, -0.15) is 0 Å². The van der Waals surface area contributed by atoms with Gasteiger partial charge in [0.25, 0.3) is 0 Å². The van der Waals surface area contributed by atoms with Gasteiger partial charge >= 0.3 is 12.0 Å². The second-order valence-electron chi connectivity index (χ2n) is 8.56. The number of benzene rings is 1. The summed E-state index contributed by atoms with van der Waals surface area (Å²) in [5.74, 6) is -1.39. The number of halogens is 1. The van der Waals surface area contributed by atoms with Crippen molar-refractivity contribution in [1.29, 1.82) is 0 Å². The van der Waals surface area contributed by atoms with Crippen molar-refractivity contribution in [2.45, 2.75) is 39.3 Å². The summed E-state index contributed by atoms with van der Waals surface area (Å²) in [6.07, 6.45) is 2.63. The standard InChI is InChI=1S/C24H31FN6O4/c1-17-8-9-20(13-26-17)27-24(35)28-21-6-3-5-19(23(21)25)15-29-11-12-31(18(2)14-29)30(16-32)10-4-7-22(33)34/h3,5-6,8-9,13,16,18H,4,7,10-12,14-15H2,1-2H3,(H,33,34)(H2,27,28,35)/t18-/m1/s1. The molecule has 11 heteroatoms. The number of aryl methyl sites for hydroxylation is 1. The Labute approximate surface area is 203 Å². The van der Waals surface area contributed by atoms with Gasteiger partial charge in [0.1, 0.15) is 0 Å². The van der Waals surface area contributed by atoms with Crippen LogP contribution in [0.5, 0.6) is 0 Å². The van der Waals surface area contributed by atoms with Crippen LogP contribution in [0.4, 0.5) is 20.6 Å². The second-order valence-corrected chi connectivity index (χ2v) is 8.56. The molecule has 0 unspecified atom stereocenters. The number of carboxylic acid groups (broad SMARTS) is 1. The lowest BCUT2D eigenvalue weighted by molar-refractivity contribution is -0.146. The zero-order valence-electron chi connectivity index (χ0n) is 19.9. The number of nitrogens with zero attached hydrogens (tertiary/aromatic N) is 4. The van der Waals surface area contributed by atoms with E-state index in [1.807, 2.05) is 18.9 Å². The average Bonchev–Trinajstić information content (AvgIpc) is 2.81. The molecule has 2 heterocycles. The Morgan fingerprint density at radius 2 is 2.06 bits per heavy atom. The molecular formula is C24H31FN6O4. The Morgan fingerprint density at radius 1 is 1.26 bits per heavy atom. The minimum atomic E-state index is -0.892. The predicted octanol–water partition coefficient (Wildman–Crippen LogP) is 2.92. The molecule has 3 rings (SSSR count). The van der Waals surface area contributed by atoms with Crippen LogP contribution in [0, 0.1) is 12.7 Å². The maximum atomic E-state index is 15.1. The van der Waals surface area contributed by atoms with Crippen LogP contribution in [0.25, 0.3) is 0 Å². The van der Waals surface area contributed by atoms with Crippen LogP contribution in [0.15, 0.2) is 36.5 Å². The highest BCUT2D eigenvalue weighted by atomic mass is 19.1. The number of hydrogen-bond acceptors (Lipinski definition) is 6. The van der Waals surface area contributed by atoms with Gasteiger partial charge in [-0.25, -0.2) is 14.2 Å². The SMILES string of the molecule is Cc1ccc(NC(=O)Nc2cccc(CN3CCN(N(C=O)CCCC(=O)O)[C@H](C)C3)c2F)cn1. The number of rotatable bonds is 10. The number of amides is 3. The minimum absolute atomic E-state index is 0.00225. The molecule has 1 fully saturated rings. The van der Waals surface area contributed by atoms with E-state index in [1.54, 1.807) is 24.3 Å². The summed E-state index contributed by atoms with van der Waals surface area (Å²) in [6, 6.07) is 7.78. The monoisotopic (exact) mass is 486 g/mol. The molecule has 1 saturated heterocycles. The Morgan fingerprint density at radius 3 is 2.71 bits per heavy atom. The van der Waals surface area contributed by atoms with E-state index < -0.39 is 17.8 Å². The maximum Gasteiger partial charge on any atom is 0.323 e. The summed E-state index contributed by atoms with van der Waals surface area (Å²) in [5, 5.41) is 17.4. The maximum absolute atomic E-state index is 15.1. The largest absolute Gasteiger partial charge is 0.481 e. The van der Waals surface area contributed by atoms with Gasteiger partial charge in [-0.3, -0.25) is 24.5 Å². The van der Waals surface area contributed by atoms with E-state index in [4.69, 9.17) is 5.11 Å². The molecule has 1 atom stereocenters. The van der Waals surface area contributed by atoms with Crippen molar-refractivity contribution >= 4 is 29.8 Å². The normalized spacial score (nSPS) is 16.5. The summed E-state index contributed by atoms with van der Waals surface area (Å²) >= 11 is 0. The Kier molecular flexibility index (Phi) is 9.10. The molecule has 2 aromatic rings. The number of carbonyl (C=O) groups is 3. The Hall–Kier alpha value is -3.57. The molecule has 0 aliphatic carbocycles. The van der Waals surface area contributed by atoms with E-state index in [0.717, 1.165) is 12.1 Å². The second kappa shape index (κ2) is 12.2. The lowest BCUT2D eigenvalue weighted by Crippen LogP contribution is -2.58. The minimum Gasteiger partial charge on any atom is -0.481 e. The number of hydrazine groups is 1. The van der Waals surface area contributed by atoms with Gasteiger partial charge in [-0.15, -0.1) is 0 Å². The van der Waals surface area contributed by atoms with Gasteiger partial charge < -0.3 is 15.7 Å². The van der Waals surface area contributed by atoms with Crippen LogP contribution < -0.4 is 10.6 Å². The number of urea groups is 1. The molecule has 0 radical (unpaired) electrons. The van der Waals surface area contributed by atoms with Crippen LogP contribution in [0.1, 0.15) is 31.0 Å². The third-order valence-corrected chi connectivity index (χ3v) is 5.80. The Bertz CT molecular complexity index is 1040. The van der Waals surface area contributed by atoms with Crippen molar-refractivity contribution in [2.24, 2.45) is 0 Å². The van der Waals surface area contributed by atoms with Crippen molar-refractivity contribution in [2.75, 3.05) is 36.8 Å². The summed E-state index contributed by atoms with van der Waals surface area (Å²) in [5.41, 5.74) is 1.86. The van der Waals surface area contributed by atoms with E-state index in [2.05, 4.69) is 20.5 Å². The third-order valence-electron chi connectivity index (χ3n) is 5.80. The fourth-order valence-electron chi connectivity index (χ4n) is 4.05. The van der Waals surface area contributed by atoms with Gasteiger partial charge in [0.2, 0.25) is 6.41 Å². The first-order valence-corrected chi connectivity index (χ1v) is 11.5. The first kappa shape index (κ1) is 26.0. The van der Waals surface area contributed by atoms with Gasteiger partial charge in [-0.1, -0.05) is 12.1 Å². The first-order chi connectivity index (χ1) is 16.8. The van der Waals surface area contributed by atoms with Crippen molar-refractivity contribution in [3.05, 3.63) is 53.6 Å². The highest BCUT2D eigenvalue weighted by molar-refractivity contribution is 5.99. The quantitative estimate of drug-likeness (QED) is 0.442. The smallest absolute Gasteiger partial charge is 0.323 e. The number of aliphatic carboxylic acids is 1. The zero-order chi connectivity index (χ0) is 25.4. The highest BCUT2D eigenvalue weighted by Crippen LogP contribution is 2.22. The van der Waals surface area contributed by atoms with Crippen molar-refractivity contribution < 1.29 is 23.9 Å². The van der Waals surface area contributed by atoms with Crippen LogP contribution in [0.3, 0.4) is 0 Å². The molecule has 1 aromatic heterocycles. The van der Waals surface area contributed by atoms with Gasteiger partial charge in [0.05, 0.1) is 17.6 Å². The molecule has 1 aromatic carbocycles. The molecular weight excluding hydrogens is 455 g/mol. The summed E-state index contributed by atoms with van der Waals surface area (Å²) in [7, 11) is 0. The number of carboxylic acids is 1. The van der Waals surface area contributed by atoms with E-state index in [1.165, 1.54) is 17.3 Å². The Balaban J connectivity index is 1.56. The molecule has 0 bridgehead atoms. The van der Waals surface area contributed by atoms with Gasteiger partial charge in [0.15, 0.2) is 5.82 Å². The van der Waals surface area contributed by atoms with Crippen LogP contribution in [-0.4, -0.2) is 75.6 Å². The fourth-order valence-corrected chi connectivity index (χ4v) is 4.05. The number of anilines is 2. The summed E-state index contributed by atoms with van der Waals surface area (Å²) < 4.78 is 15.1. The number of carbonyl (C=O) groups excluding carboxylic acids is 2. The van der Waals surface area contributed by atoms with Crippen molar-refractivity contribution in [1.82, 2.24) is 19.9 Å². The molecule has 10 nitrogen and oxygen atoms in total. The van der Waals surface area contributed by atoms with Crippen LogP contribution >= 0.6 is 0 Å². The van der Waals surface area contributed by atoms with E-state index in [9.17, 15) is 14.4 Å². The molecule has 1 aliphatic rings. The van der Waals surface area contributed by atoms with Crippen molar-refractivity contribution in [3.8, 4) is 0 Å². The molecule has 0 spiro atoms. The lowest BCUT2D eigenvalue weighted by Gasteiger charge is -2.44. The molecule has 3 N–H and O–H groups in total.